The van der Waals surface area contributed by atoms with Crippen LogP contribution in [0.3, 0.4) is 0 Å². The Morgan fingerprint density at radius 2 is 1.84 bits per heavy atom. The summed E-state index contributed by atoms with van der Waals surface area (Å²) < 4.78 is 0. The van der Waals surface area contributed by atoms with Crippen molar-refractivity contribution >= 4 is 5.91 Å². The molecule has 0 aromatic heterocycles. The van der Waals surface area contributed by atoms with Gasteiger partial charge in [0.1, 0.15) is 5.92 Å². The SMILES string of the molecule is CCc1ccc(CC(C#N)C(=O)N2CCCC2)cc1. The second-order valence-corrected chi connectivity index (χ2v) is 5.09. The van der Waals surface area contributed by atoms with Crippen LogP contribution in [0.1, 0.15) is 30.9 Å². The average molecular weight is 256 g/mol. The first-order valence-corrected chi connectivity index (χ1v) is 7.00. The monoisotopic (exact) mass is 256 g/mol. The van der Waals surface area contributed by atoms with Crippen LogP contribution in [0, 0.1) is 17.2 Å². The Morgan fingerprint density at radius 1 is 1.26 bits per heavy atom. The Balaban J connectivity index is 2.01. The van der Waals surface area contributed by atoms with Crippen molar-refractivity contribution in [2.45, 2.75) is 32.6 Å². The maximum absolute atomic E-state index is 12.2. The lowest BCUT2D eigenvalue weighted by Crippen LogP contribution is -2.34. The molecule has 2 rings (SSSR count). The van der Waals surface area contributed by atoms with Gasteiger partial charge >= 0.3 is 0 Å². The van der Waals surface area contributed by atoms with Gasteiger partial charge in [-0.3, -0.25) is 4.79 Å². The van der Waals surface area contributed by atoms with Crippen molar-refractivity contribution in [1.82, 2.24) is 4.90 Å². The normalized spacial score (nSPS) is 16.1. The summed E-state index contributed by atoms with van der Waals surface area (Å²) >= 11 is 0. The predicted octanol–water partition coefficient (Wildman–Crippen LogP) is 2.55. The van der Waals surface area contributed by atoms with Gasteiger partial charge in [-0.05, 0) is 36.8 Å². The summed E-state index contributed by atoms with van der Waals surface area (Å²) in [5.41, 5.74) is 2.35. The van der Waals surface area contributed by atoms with E-state index >= 15 is 0 Å². The number of carbonyl (C=O) groups is 1. The highest BCUT2D eigenvalue weighted by Gasteiger charge is 2.26. The van der Waals surface area contributed by atoms with E-state index in [1.54, 1.807) is 0 Å². The van der Waals surface area contributed by atoms with Gasteiger partial charge in [0, 0.05) is 13.1 Å². The number of nitrogens with zero attached hydrogens (tertiary/aromatic N) is 2. The molecule has 3 heteroatoms. The van der Waals surface area contributed by atoms with Crippen LogP contribution in [0.25, 0.3) is 0 Å². The Bertz CT molecular complexity index is 467. The van der Waals surface area contributed by atoms with Crippen molar-refractivity contribution in [2.24, 2.45) is 5.92 Å². The molecule has 0 spiro atoms. The lowest BCUT2D eigenvalue weighted by molar-refractivity contribution is -0.132. The molecular weight excluding hydrogens is 236 g/mol. The van der Waals surface area contributed by atoms with Crippen molar-refractivity contribution in [2.75, 3.05) is 13.1 Å². The molecule has 1 aliphatic rings. The third kappa shape index (κ3) is 3.35. The quantitative estimate of drug-likeness (QED) is 0.831. The second kappa shape index (κ2) is 6.38. The molecule has 0 radical (unpaired) electrons. The number of carbonyl (C=O) groups excluding carboxylic acids is 1. The van der Waals surface area contributed by atoms with Crippen molar-refractivity contribution in [1.29, 1.82) is 5.26 Å². The number of aryl methyl sites for hydroxylation is 1. The molecule has 0 N–H and O–H groups in total. The maximum atomic E-state index is 12.2. The minimum absolute atomic E-state index is 0.000400. The fraction of sp³-hybridized carbons (Fsp3) is 0.500. The lowest BCUT2D eigenvalue weighted by atomic mass is 9.98. The smallest absolute Gasteiger partial charge is 0.240 e. The van der Waals surface area contributed by atoms with Crippen LogP contribution >= 0.6 is 0 Å². The highest BCUT2D eigenvalue weighted by Crippen LogP contribution is 2.16. The van der Waals surface area contributed by atoms with Crippen LogP contribution < -0.4 is 0 Å². The Labute approximate surface area is 114 Å². The predicted molar refractivity (Wildman–Crippen MR) is 74.4 cm³/mol. The summed E-state index contributed by atoms with van der Waals surface area (Å²) in [6.45, 7) is 3.74. The van der Waals surface area contributed by atoms with Crippen LogP contribution in [-0.2, 0) is 17.6 Å². The molecule has 1 aromatic carbocycles. The molecule has 1 unspecified atom stereocenters. The number of hydrogen-bond acceptors (Lipinski definition) is 2. The molecule has 3 nitrogen and oxygen atoms in total. The molecule has 1 amide bonds. The number of amides is 1. The Morgan fingerprint density at radius 3 is 2.37 bits per heavy atom. The highest BCUT2D eigenvalue weighted by atomic mass is 16.2. The van der Waals surface area contributed by atoms with Gasteiger partial charge in [-0.1, -0.05) is 31.2 Å². The van der Waals surface area contributed by atoms with E-state index in [0.29, 0.717) is 6.42 Å². The standard InChI is InChI=1S/C16H20N2O/c1-2-13-5-7-14(8-6-13)11-15(12-17)16(19)18-9-3-4-10-18/h5-8,15H,2-4,9-11H2,1H3. The summed E-state index contributed by atoms with van der Waals surface area (Å²) in [5.74, 6) is -0.537. The molecule has 0 aliphatic carbocycles. The van der Waals surface area contributed by atoms with Crippen LogP contribution in [0.5, 0.6) is 0 Å². The number of rotatable bonds is 4. The first-order chi connectivity index (χ1) is 9.24. The van der Waals surface area contributed by atoms with E-state index in [9.17, 15) is 10.1 Å². The molecule has 19 heavy (non-hydrogen) atoms. The molecule has 1 aliphatic heterocycles. The summed E-state index contributed by atoms with van der Waals surface area (Å²) in [6.07, 6.45) is 3.66. The van der Waals surface area contributed by atoms with Gasteiger partial charge in [-0.2, -0.15) is 5.26 Å². The van der Waals surface area contributed by atoms with Gasteiger partial charge in [0.25, 0.3) is 0 Å². The molecule has 1 fully saturated rings. The first kappa shape index (κ1) is 13.6. The van der Waals surface area contributed by atoms with E-state index in [0.717, 1.165) is 37.9 Å². The highest BCUT2D eigenvalue weighted by molar-refractivity contribution is 5.81. The van der Waals surface area contributed by atoms with Crippen LogP contribution in [0.15, 0.2) is 24.3 Å². The van der Waals surface area contributed by atoms with Crippen molar-refractivity contribution in [3.05, 3.63) is 35.4 Å². The molecule has 100 valence electrons. The topological polar surface area (TPSA) is 44.1 Å². The van der Waals surface area contributed by atoms with Crippen molar-refractivity contribution in [3.63, 3.8) is 0 Å². The van der Waals surface area contributed by atoms with Crippen LogP contribution in [0.4, 0.5) is 0 Å². The Hall–Kier alpha value is -1.82. The van der Waals surface area contributed by atoms with Gasteiger partial charge in [0.15, 0.2) is 0 Å². The molecule has 1 heterocycles. The number of nitriles is 1. The summed E-state index contributed by atoms with van der Waals surface area (Å²) in [5, 5.41) is 9.22. The average Bonchev–Trinajstić information content (AvgIpc) is 2.99. The third-order valence-electron chi connectivity index (χ3n) is 3.74. The van der Waals surface area contributed by atoms with E-state index in [1.807, 2.05) is 17.0 Å². The molecule has 1 aromatic rings. The maximum Gasteiger partial charge on any atom is 0.240 e. The minimum atomic E-state index is -0.537. The largest absolute Gasteiger partial charge is 0.342 e. The van der Waals surface area contributed by atoms with Crippen molar-refractivity contribution < 1.29 is 4.79 Å². The molecule has 1 atom stereocenters. The molecule has 1 saturated heterocycles. The van der Waals surface area contributed by atoms with Gasteiger partial charge in [-0.25, -0.2) is 0 Å². The van der Waals surface area contributed by atoms with E-state index < -0.39 is 5.92 Å². The molecule has 0 bridgehead atoms. The number of benzene rings is 1. The van der Waals surface area contributed by atoms with E-state index in [2.05, 4.69) is 25.1 Å². The lowest BCUT2D eigenvalue weighted by Gasteiger charge is -2.18. The van der Waals surface area contributed by atoms with Gasteiger partial charge in [-0.15, -0.1) is 0 Å². The fourth-order valence-corrected chi connectivity index (χ4v) is 2.49. The fourth-order valence-electron chi connectivity index (χ4n) is 2.49. The van der Waals surface area contributed by atoms with E-state index in [1.165, 1.54) is 5.56 Å². The second-order valence-electron chi connectivity index (χ2n) is 5.09. The van der Waals surface area contributed by atoms with Crippen LogP contribution in [-0.4, -0.2) is 23.9 Å². The van der Waals surface area contributed by atoms with Gasteiger partial charge in [0.2, 0.25) is 5.91 Å². The first-order valence-electron chi connectivity index (χ1n) is 7.00. The van der Waals surface area contributed by atoms with E-state index in [-0.39, 0.29) is 5.91 Å². The molecule has 0 saturated carbocycles. The summed E-state index contributed by atoms with van der Waals surface area (Å²) in [4.78, 5) is 14.0. The number of likely N-dealkylation sites (tertiary alicyclic amines) is 1. The van der Waals surface area contributed by atoms with Crippen LogP contribution in [0.2, 0.25) is 0 Å². The molecular formula is C16H20N2O. The van der Waals surface area contributed by atoms with E-state index in [4.69, 9.17) is 0 Å². The zero-order valence-electron chi connectivity index (χ0n) is 11.4. The van der Waals surface area contributed by atoms with Gasteiger partial charge < -0.3 is 4.90 Å². The number of hydrogen-bond donors (Lipinski definition) is 0. The van der Waals surface area contributed by atoms with Crippen molar-refractivity contribution in [3.8, 4) is 6.07 Å². The summed E-state index contributed by atoms with van der Waals surface area (Å²) in [6, 6.07) is 10.4. The zero-order chi connectivity index (χ0) is 13.7. The zero-order valence-corrected chi connectivity index (χ0v) is 11.4. The Kier molecular flexibility index (Phi) is 4.57. The van der Waals surface area contributed by atoms with Gasteiger partial charge in [0.05, 0.1) is 6.07 Å². The minimum Gasteiger partial charge on any atom is -0.342 e. The third-order valence-corrected chi connectivity index (χ3v) is 3.74. The summed E-state index contributed by atoms with van der Waals surface area (Å²) in [7, 11) is 0.